The van der Waals surface area contributed by atoms with Crippen molar-refractivity contribution in [2.75, 3.05) is 6.61 Å². The molecule has 0 spiro atoms. The minimum absolute atomic E-state index is 0.0546. The third kappa shape index (κ3) is 1.31. The van der Waals surface area contributed by atoms with Crippen LogP contribution in [0.2, 0.25) is 0 Å². The van der Waals surface area contributed by atoms with Gasteiger partial charge in [0.1, 0.15) is 11.7 Å². The molecule has 3 nitrogen and oxygen atoms in total. The van der Waals surface area contributed by atoms with Gasteiger partial charge >= 0.3 is 0 Å². The Morgan fingerprint density at radius 3 is 3.06 bits per heavy atom. The highest BCUT2D eigenvalue weighted by Crippen LogP contribution is 2.38. The van der Waals surface area contributed by atoms with Crippen LogP contribution in [0.5, 0.6) is 0 Å². The van der Waals surface area contributed by atoms with E-state index in [0.29, 0.717) is 6.61 Å². The lowest BCUT2D eigenvalue weighted by Crippen LogP contribution is -2.04. The normalized spacial score (nSPS) is 24.7. The smallest absolute Gasteiger partial charge is 0.134 e. The third-order valence-electron chi connectivity index (χ3n) is 3.07. The molecule has 1 saturated heterocycles. The highest BCUT2D eigenvalue weighted by Gasteiger charge is 2.31. The molecule has 2 atom stereocenters. The molecule has 80 valence electrons. The monoisotopic (exact) mass is 213 g/mol. The van der Waals surface area contributed by atoms with Gasteiger partial charge in [-0.3, -0.25) is 0 Å². The number of para-hydroxylation sites is 1. The summed E-state index contributed by atoms with van der Waals surface area (Å²) < 4.78 is 11.1. The fourth-order valence-electron chi connectivity index (χ4n) is 2.25. The summed E-state index contributed by atoms with van der Waals surface area (Å²) in [6.45, 7) is 0.655. The number of fused-ring (bicyclic) bond motifs is 1. The largest absolute Gasteiger partial charge is 0.464 e. The lowest BCUT2D eigenvalue weighted by molar-refractivity contribution is 0.101. The molecule has 0 amide bonds. The Morgan fingerprint density at radius 1 is 1.31 bits per heavy atom. The zero-order valence-corrected chi connectivity index (χ0v) is 8.72. The van der Waals surface area contributed by atoms with E-state index >= 15 is 0 Å². The van der Waals surface area contributed by atoms with Crippen LogP contribution in [0.25, 0.3) is 11.0 Å². The van der Waals surface area contributed by atoms with Crippen molar-refractivity contribution < 1.29 is 9.15 Å². The van der Waals surface area contributed by atoms with Crippen LogP contribution in [0.4, 0.5) is 0 Å². The first-order valence-electron chi connectivity index (χ1n) is 5.37. The first kappa shape index (κ1) is 9.44. The van der Waals surface area contributed by atoms with Crippen LogP contribution >= 0.6 is 0 Å². The number of hydrogen-bond acceptors (Lipinski definition) is 3. The molecule has 0 bridgehead atoms. The number of hydrogen-bond donors (Lipinski definition) is 0. The number of furan rings is 1. The van der Waals surface area contributed by atoms with Gasteiger partial charge in [0.25, 0.3) is 0 Å². The molecule has 2 heterocycles. The van der Waals surface area contributed by atoms with E-state index in [-0.39, 0.29) is 12.0 Å². The van der Waals surface area contributed by atoms with Crippen LogP contribution in [-0.2, 0) is 4.74 Å². The Bertz CT molecular complexity index is 552. The third-order valence-corrected chi connectivity index (χ3v) is 3.07. The predicted molar refractivity (Wildman–Crippen MR) is 58.6 cm³/mol. The molecule has 0 N–H and O–H groups in total. The summed E-state index contributed by atoms with van der Waals surface area (Å²) in [5.41, 5.74) is 1.85. The second-order valence-electron chi connectivity index (χ2n) is 4.00. The van der Waals surface area contributed by atoms with Gasteiger partial charge in [-0.05, 0) is 12.5 Å². The summed E-state index contributed by atoms with van der Waals surface area (Å²) in [7, 11) is 0. The molecule has 3 rings (SSSR count). The van der Waals surface area contributed by atoms with Crippen molar-refractivity contribution >= 4 is 11.0 Å². The Kier molecular flexibility index (Phi) is 2.16. The summed E-state index contributed by atoms with van der Waals surface area (Å²) in [5, 5.41) is 10.1. The highest BCUT2D eigenvalue weighted by atomic mass is 16.5. The van der Waals surface area contributed by atoms with Crippen molar-refractivity contribution in [2.24, 2.45) is 5.92 Å². The number of nitriles is 1. The standard InChI is InChI=1S/C13H11NO2/c14-7-9-5-6-15-13(9)11-8-16-12-4-2-1-3-10(11)12/h1-4,8-9,13H,5-6H2. The minimum Gasteiger partial charge on any atom is -0.464 e. The maximum absolute atomic E-state index is 9.05. The Morgan fingerprint density at radius 2 is 2.19 bits per heavy atom. The topological polar surface area (TPSA) is 46.2 Å². The second kappa shape index (κ2) is 3.66. The van der Waals surface area contributed by atoms with Gasteiger partial charge < -0.3 is 9.15 Å². The molecule has 1 aliphatic heterocycles. The quantitative estimate of drug-likeness (QED) is 0.731. The molecule has 2 aromatic rings. The Labute approximate surface area is 93.2 Å². The first-order valence-corrected chi connectivity index (χ1v) is 5.37. The molecule has 0 aliphatic carbocycles. The summed E-state index contributed by atoms with van der Waals surface area (Å²) in [6.07, 6.45) is 2.39. The van der Waals surface area contributed by atoms with Gasteiger partial charge in [0.2, 0.25) is 0 Å². The van der Waals surface area contributed by atoms with Crippen molar-refractivity contribution in [2.45, 2.75) is 12.5 Å². The van der Waals surface area contributed by atoms with Gasteiger partial charge in [0.15, 0.2) is 0 Å². The van der Waals surface area contributed by atoms with Gasteiger partial charge in [-0.2, -0.15) is 5.26 Å². The van der Waals surface area contributed by atoms with Gasteiger partial charge in [0, 0.05) is 17.6 Å². The molecule has 16 heavy (non-hydrogen) atoms. The Balaban J connectivity index is 2.09. The van der Waals surface area contributed by atoms with E-state index in [9.17, 15) is 0 Å². The van der Waals surface area contributed by atoms with Gasteiger partial charge in [0.05, 0.1) is 18.3 Å². The van der Waals surface area contributed by atoms with Crippen LogP contribution in [-0.4, -0.2) is 6.61 Å². The number of rotatable bonds is 1. The molecular weight excluding hydrogens is 202 g/mol. The maximum Gasteiger partial charge on any atom is 0.134 e. The molecule has 1 aromatic carbocycles. The molecular formula is C13H11NO2. The fraction of sp³-hybridized carbons (Fsp3) is 0.308. The van der Waals surface area contributed by atoms with Crippen molar-refractivity contribution in [1.29, 1.82) is 5.26 Å². The van der Waals surface area contributed by atoms with E-state index < -0.39 is 0 Å². The van der Waals surface area contributed by atoms with E-state index in [0.717, 1.165) is 23.0 Å². The highest BCUT2D eigenvalue weighted by molar-refractivity contribution is 5.81. The molecule has 2 unspecified atom stereocenters. The van der Waals surface area contributed by atoms with Gasteiger partial charge in [-0.15, -0.1) is 0 Å². The average Bonchev–Trinajstić information content (AvgIpc) is 2.94. The molecule has 1 aliphatic rings. The molecule has 3 heteroatoms. The zero-order chi connectivity index (χ0) is 11.0. The van der Waals surface area contributed by atoms with E-state index in [1.165, 1.54) is 0 Å². The zero-order valence-electron chi connectivity index (χ0n) is 8.72. The number of benzene rings is 1. The summed E-state index contributed by atoms with van der Waals surface area (Å²) in [6, 6.07) is 10.1. The van der Waals surface area contributed by atoms with Crippen molar-refractivity contribution in [3.63, 3.8) is 0 Å². The maximum atomic E-state index is 9.05. The number of ether oxygens (including phenoxy) is 1. The Hall–Kier alpha value is -1.79. The van der Waals surface area contributed by atoms with Crippen molar-refractivity contribution in [3.05, 3.63) is 36.1 Å². The molecule has 0 radical (unpaired) electrons. The predicted octanol–water partition coefficient (Wildman–Crippen LogP) is 3.03. The SMILES string of the molecule is N#CC1CCOC1c1coc2ccccc12. The van der Waals surface area contributed by atoms with Crippen LogP contribution in [0, 0.1) is 17.2 Å². The first-order chi connectivity index (χ1) is 7.90. The van der Waals surface area contributed by atoms with E-state index in [1.807, 2.05) is 24.3 Å². The van der Waals surface area contributed by atoms with E-state index in [1.54, 1.807) is 6.26 Å². The van der Waals surface area contributed by atoms with Crippen molar-refractivity contribution in [1.82, 2.24) is 0 Å². The average molecular weight is 213 g/mol. The van der Waals surface area contributed by atoms with Crippen LogP contribution in [0.3, 0.4) is 0 Å². The van der Waals surface area contributed by atoms with E-state index in [2.05, 4.69) is 6.07 Å². The van der Waals surface area contributed by atoms with Crippen LogP contribution < -0.4 is 0 Å². The van der Waals surface area contributed by atoms with Crippen LogP contribution in [0.1, 0.15) is 18.1 Å². The van der Waals surface area contributed by atoms with E-state index in [4.69, 9.17) is 14.4 Å². The van der Waals surface area contributed by atoms with Gasteiger partial charge in [-0.25, -0.2) is 0 Å². The summed E-state index contributed by atoms with van der Waals surface area (Å²) in [5.74, 6) is -0.0546. The van der Waals surface area contributed by atoms with Crippen molar-refractivity contribution in [3.8, 4) is 6.07 Å². The lowest BCUT2D eigenvalue weighted by Gasteiger charge is -2.10. The summed E-state index contributed by atoms with van der Waals surface area (Å²) in [4.78, 5) is 0. The fourth-order valence-corrected chi connectivity index (χ4v) is 2.25. The molecule has 1 fully saturated rings. The minimum atomic E-state index is -0.131. The molecule has 1 aromatic heterocycles. The summed E-state index contributed by atoms with van der Waals surface area (Å²) >= 11 is 0. The van der Waals surface area contributed by atoms with Crippen LogP contribution in [0.15, 0.2) is 34.9 Å². The van der Waals surface area contributed by atoms with Gasteiger partial charge in [-0.1, -0.05) is 18.2 Å². The lowest BCUT2D eigenvalue weighted by atomic mass is 9.96. The molecule has 0 saturated carbocycles. The number of nitrogens with zero attached hydrogens (tertiary/aromatic N) is 1. The second-order valence-corrected chi connectivity index (χ2v) is 4.00.